The summed E-state index contributed by atoms with van der Waals surface area (Å²) in [6.45, 7) is 4.61. The van der Waals surface area contributed by atoms with E-state index in [4.69, 9.17) is 16.3 Å². The fourth-order valence-electron chi connectivity index (χ4n) is 3.56. The fourth-order valence-corrected chi connectivity index (χ4v) is 4.56. The number of rotatable bonds is 5. The lowest BCUT2D eigenvalue weighted by atomic mass is 9.87. The number of halogens is 1. The number of carbonyl (C=O) groups excluding carboxylic acids is 2. The number of amides is 2. The van der Waals surface area contributed by atoms with Crippen LogP contribution in [-0.2, 0) is 14.3 Å². The van der Waals surface area contributed by atoms with Crippen LogP contribution in [0.5, 0.6) is 0 Å². The van der Waals surface area contributed by atoms with Crippen LogP contribution in [0, 0.1) is 5.92 Å². The van der Waals surface area contributed by atoms with Gasteiger partial charge in [-0.3, -0.25) is 14.5 Å². The molecule has 1 saturated carbocycles. The Morgan fingerprint density at radius 2 is 1.89 bits per heavy atom. The summed E-state index contributed by atoms with van der Waals surface area (Å²) in [7, 11) is 0. The maximum absolute atomic E-state index is 13.2. The van der Waals surface area contributed by atoms with Gasteiger partial charge < -0.3 is 10.1 Å². The number of ether oxygens (including phenoxy) is 1. The third-order valence-corrected chi connectivity index (χ3v) is 6.60. The highest BCUT2D eigenvalue weighted by atomic mass is 35.5. The molecule has 1 aromatic rings. The average molecular weight is 423 g/mol. The van der Waals surface area contributed by atoms with E-state index in [9.17, 15) is 9.59 Å². The summed E-state index contributed by atoms with van der Waals surface area (Å²) in [6, 6.07) is 7.17. The lowest BCUT2D eigenvalue weighted by Crippen LogP contribution is -2.45. The van der Waals surface area contributed by atoms with E-state index in [1.165, 1.54) is 16.7 Å². The molecule has 7 heteroatoms. The molecule has 1 aliphatic heterocycles. The van der Waals surface area contributed by atoms with Crippen LogP contribution in [0.25, 0.3) is 0 Å². The molecule has 2 amide bonds. The van der Waals surface area contributed by atoms with Crippen molar-refractivity contribution >= 4 is 40.9 Å². The SMILES string of the molecule is CC1=C(C(=O)N(CC(=O)NC2CCC(C)CC2)c2ccc(Cl)cc2)SCCO1. The van der Waals surface area contributed by atoms with E-state index in [1.807, 2.05) is 0 Å². The van der Waals surface area contributed by atoms with Crippen LogP contribution in [0.3, 0.4) is 0 Å². The first-order valence-corrected chi connectivity index (χ1v) is 11.1. The number of allylic oxidation sites excluding steroid dienone is 1. The molecule has 0 bridgehead atoms. The minimum atomic E-state index is -0.211. The lowest BCUT2D eigenvalue weighted by molar-refractivity contribution is -0.123. The zero-order valence-corrected chi connectivity index (χ0v) is 17.9. The zero-order chi connectivity index (χ0) is 20.1. The molecule has 0 spiro atoms. The van der Waals surface area contributed by atoms with Crippen molar-refractivity contribution < 1.29 is 14.3 Å². The fraction of sp³-hybridized carbons (Fsp3) is 0.524. The lowest BCUT2D eigenvalue weighted by Gasteiger charge is -2.29. The number of carbonyl (C=O) groups is 2. The Hall–Kier alpha value is -1.66. The van der Waals surface area contributed by atoms with Crippen molar-refractivity contribution in [3.63, 3.8) is 0 Å². The standard InChI is InChI=1S/C21H27ClN2O3S/c1-14-3-7-17(8-4-14)23-19(25)13-24(18-9-5-16(22)6-10-18)21(26)20-15(2)27-11-12-28-20/h5-6,9-10,14,17H,3-4,7-8,11-13H2,1-2H3,(H,23,25). The van der Waals surface area contributed by atoms with E-state index >= 15 is 0 Å². The summed E-state index contributed by atoms with van der Waals surface area (Å²) in [5, 5.41) is 3.69. The molecule has 0 saturated heterocycles. The van der Waals surface area contributed by atoms with Gasteiger partial charge in [0.2, 0.25) is 5.91 Å². The molecule has 1 heterocycles. The second kappa shape index (κ2) is 9.70. The van der Waals surface area contributed by atoms with Crippen LogP contribution in [0.4, 0.5) is 5.69 Å². The number of hydrogen-bond donors (Lipinski definition) is 1. The summed E-state index contributed by atoms with van der Waals surface area (Å²) in [5.41, 5.74) is 0.647. The Bertz CT molecular complexity index is 743. The third-order valence-electron chi connectivity index (χ3n) is 5.23. The first-order valence-electron chi connectivity index (χ1n) is 9.77. The van der Waals surface area contributed by atoms with Crippen molar-refractivity contribution in [3.05, 3.63) is 40.0 Å². The van der Waals surface area contributed by atoms with E-state index < -0.39 is 0 Å². The third kappa shape index (κ3) is 5.45. The molecule has 2 aliphatic rings. The first kappa shape index (κ1) is 21.1. The summed E-state index contributed by atoms with van der Waals surface area (Å²) in [5.74, 6) is 1.71. The highest BCUT2D eigenvalue weighted by Crippen LogP contribution is 2.30. The van der Waals surface area contributed by atoms with Gasteiger partial charge in [-0.25, -0.2) is 0 Å². The predicted octanol–water partition coefficient (Wildman–Crippen LogP) is 4.36. The molecular weight excluding hydrogens is 396 g/mol. The number of benzene rings is 1. The summed E-state index contributed by atoms with van der Waals surface area (Å²) >= 11 is 7.47. The van der Waals surface area contributed by atoms with Crippen LogP contribution >= 0.6 is 23.4 Å². The minimum Gasteiger partial charge on any atom is -0.496 e. The molecule has 1 aliphatic carbocycles. The first-order chi connectivity index (χ1) is 13.4. The van der Waals surface area contributed by atoms with E-state index in [0.29, 0.717) is 28.0 Å². The molecule has 28 heavy (non-hydrogen) atoms. The van der Waals surface area contributed by atoms with Gasteiger partial charge in [0.1, 0.15) is 17.2 Å². The average Bonchev–Trinajstić information content (AvgIpc) is 2.69. The molecular formula is C21H27ClN2O3S. The van der Waals surface area contributed by atoms with Crippen molar-refractivity contribution in [2.24, 2.45) is 5.92 Å². The van der Waals surface area contributed by atoms with E-state index in [2.05, 4.69) is 12.2 Å². The predicted molar refractivity (Wildman–Crippen MR) is 114 cm³/mol. The van der Waals surface area contributed by atoms with Crippen molar-refractivity contribution in [3.8, 4) is 0 Å². The zero-order valence-electron chi connectivity index (χ0n) is 16.4. The minimum absolute atomic E-state index is 0.0239. The number of nitrogens with zero attached hydrogens (tertiary/aromatic N) is 1. The van der Waals surface area contributed by atoms with Crippen molar-refractivity contribution in [2.75, 3.05) is 23.8 Å². The van der Waals surface area contributed by atoms with Crippen LogP contribution in [0.1, 0.15) is 39.5 Å². The molecule has 0 atom stereocenters. The smallest absolute Gasteiger partial charge is 0.268 e. The Balaban J connectivity index is 1.75. The number of hydrogen-bond acceptors (Lipinski definition) is 4. The molecule has 5 nitrogen and oxygen atoms in total. The Labute approximate surface area is 175 Å². The Kier molecular flexibility index (Phi) is 7.30. The Morgan fingerprint density at radius 3 is 2.54 bits per heavy atom. The van der Waals surface area contributed by atoms with Crippen LogP contribution in [0.2, 0.25) is 5.02 Å². The van der Waals surface area contributed by atoms with Gasteiger partial charge in [0.15, 0.2) is 0 Å². The highest BCUT2D eigenvalue weighted by Gasteiger charge is 2.28. The van der Waals surface area contributed by atoms with Crippen LogP contribution in [-0.4, -0.2) is 36.8 Å². The summed E-state index contributed by atoms with van der Waals surface area (Å²) < 4.78 is 5.54. The van der Waals surface area contributed by atoms with Gasteiger partial charge >= 0.3 is 0 Å². The van der Waals surface area contributed by atoms with E-state index in [0.717, 1.165) is 37.4 Å². The number of thioether (sulfide) groups is 1. The monoisotopic (exact) mass is 422 g/mol. The largest absolute Gasteiger partial charge is 0.496 e. The second-order valence-corrected chi connectivity index (χ2v) is 9.02. The molecule has 0 unspecified atom stereocenters. The van der Waals surface area contributed by atoms with Gasteiger partial charge in [-0.1, -0.05) is 18.5 Å². The van der Waals surface area contributed by atoms with E-state index in [1.54, 1.807) is 31.2 Å². The molecule has 1 fully saturated rings. The quantitative estimate of drug-likeness (QED) is 0.765. The van der Waals surface area contributed by atoms with Gasteiger partial charge in [-0.15, -0.1) is 11.8 Å². The normalized spacial score (nSPS) is 22.4. The molecule has 0 radical (unpaired) electrons. The molecule has 0 aromatic heterocycles. The van der Waals surface area contributed by atoms with Gasteiger partial charge in [0.25, 0.3) is 5.91 Å². The van der Waals surface area contributed by atoms with Crippen molar-refractivity contribution in [1.29, 1.82) is 0 Å². The molecule has 3 rings (SSSR count). The maximum atomic E-state index is 13.2. The second-order valence-electron chi connectivity index (χ2n) is 7.47. The van der Waals surface area contributed by atoms with Gasteiger partial charge in [-0.2, -0.15) is 0 Å². The van der Waals surface area contributed by atoms with Crippen LogP contribution < -0.4 is 10.2 Å². The number of nitrogens with one attached hydrogen (secondary N) is 1. The van der Waals surface area contributed by atoms with Gasteiger partial charge in [0, 0.05) is 22.5 Å². The van der Waals surface area contributed by atoms with Gasteiger partial charge in [0.05, 0.1) is 6.61 Å². The highest BCUT2D eigenvalue weighted by molar-refractivity contribution is 8.04. The van der Waals surface area contributed by atoms with Gasteiger partial charge in [-0.05, 0) is 62.8 Å². The maximum Gasteiger partial charge on any atom is 0.268 e. The molecule has 152 valence electrons. The van der Waals surface area contributed by atoms with Crippen LogP contribution in [0.15, 0.2) is 34.9 Å². The van der Waals surface area contributed by atoms with Crippen molar-refractivity contribution in [1.82, 2.24) is 5.32 Å². The molecule has 1 aromatic carbocycles. The van der Waals surface area contributed by atoms with Crippen molar-refractivity contribution in [2.45, 2.75) is 45.6 Å². The topological polar surface area (TPSA) is 58.6 Å². The summed E-state index contributed by atoms with van der Waals surface area (Å²) in [6.07, 6.45) is 4.25. The van der Waals surface area contributed by atoms with E-state index in [-0.39, 0.29) is 24.4 Å². The number of anilines is 1. The Morgan fingerprint density at radius 1 is 1.21 bits per heavy atom. The summed E-state index contributed by atoms with van der Waals surface area (Å²) in [4.78, 5) is 28.0. The molecule has 1 N–H and O–H groups in total.